The molecule has 0 fully saturated rings. The molecule has 0 aromatic carbocycles. The van der Waals surface area contributed by atoms with E-state index in [9.17, 15) is 0 Å². The first-order valence-corrected chi connectivity index (χ1v) is 6.17. The summed E-state index contributed by atoms with van der Waals surface area (Å²) in [6.07, 6.45) is 5.56. The zero-order chi connectivity index (χ0) is 10.4. The molecular weight excluding hydrogens is 312 g/mol. The van der Waals surface area contributed by atoms with Gasteiger partial charge in [0.2, 0.25) is 5.95 Å². The van der Waals surface area contributed by atoms with Crippen molar-refractivity contribution >= 4 is 40.1 Å². The van der Waals surface area contributed by atoms with E-state index in [2.05, 4.69) is 44.8 Å². The van der Waals surface area contributed by atoms with E-state index in [4.69, 9.17) is 11.6 Å². The molecule has 1 unspecified atom stereocenters. The lowest BCUT2D eigenvalue weighted by Gasteiger charge is -2.14. The molecule has 78 valence electrons. The summed E-state index contributed by atoms with van der Waals surface area (Å²) in [6, 6.07) is 0.368. The molecule has 1 heterocycles. The van der Waals surface area contributed by atoms with Crippen molar-refractivity contribution in [3.05, 3.63) is 16.0 Å². The monoisotopic (exact) mass is 325 g/mol. The van der Waals surface area contributed by atoms with Crippen LogP contribution in [-0.4, -0.2) is 21.9 Å². The lowest BCUT2D eigenvalue weighted by molar-refractivity contribution is 0.668. The first-order valence-electron chi connectivity index (χ1n) is 4.56. The number of alkyl halides is 1. The van der Waals surface area contributed by atoms with Crippen molar-refractivity contribution in [2.45, 2.75) is 25.8 Å². The van der Waals surface area contributed by atoms with E-state index in [1.807, 2.05) is 0 Å². The Morgan fingerprint density at radius 1 is 1.50 bits per heavy atom. The van der Waals surface area contributed by atoms with Crippen molar-refractivity contribution < 1.29 is 0 Å². The normalized spacial score (nSPS) is 12.5. The van der Waals surface area contributed by atoms with Crippen LogP contribution >= 0.6 is 34.2 Å². The van der Waals surface area contributed by atoms with E-state index in [0.29, 0.717) is 17.9 Å². The van der Waals surface area contributed by atoms with Crippen LogP contribution in [0.4, 0.5) is 5.95 Å². The van der Waals surface area contributed by atoms with Crippen molar-refractivity contribution in [1.82, 2.24) is 9.97 Å². The van der Waals surface area contributed by atoms with Gasteiger partial charge in [-0.2, -0.15) is 0 Å². The van der Waals surface area contributed by atoms with Gasteiger partial charge in [0.15, 0.2) is 0 Å². The van der Waals surface area contributed by atoms with Crippen molar-refractivity contribution in [3.8, 4) is 0 Å². The van der Waals surface area contributed by atoms with E-state index >= 15 is 0 Å². The molecule has 0 aliphatic carbocycles. The fourth-order valence-electron chi connectivity index (χ4n) is 1.08. The number of nitrogens with one attached hydrogen (secondary N) is 1. The Morgan fingerprint density at radius 3 is 2.64 bits per heavy atom. The largest absolute Gasteiger partial charge is 0.351 e. The second-order valence-corrected chi connectivity index (χ2v) is 4.58. The molecule has 0 spiro atoms. The molecule has 1 aromatic rings. The zero-order valence-corrected chi connectivity index (χ0v) is 10.9. The first kappa shape index (κ1) is 12.0. The van der Waals surface area contributed by atoms with E-state index in [1.165, 1.54) is 0 Å². The van der Waals surface area contributed by atoms with E-state index in [1.54, 1.807) is 12.4 Å². The molecule has 0 saturated carbocycles. The molecule has 1 N–H and O–H groups in total. The molecule has 1 aromatic heterocycles. The van der Waals surface area contributed by atoms with Crippen LogP contribution in [0.25, 0.3) is 0 Å². The number of anilines is 1. The minimum atomic E-state index is 0.368. The fourth-order valence-corrected chi connectivity index (χ4v) is 1.62. The highest BCUT2D eigenvalue weighted by Crippen LogP contribution is 2.08. The molecule has 0 amide bonds. The van der Waals surface area contributed by atoms with Gasteiger partial charge >= 0.3 is 0 Å². The van der Waals surface area contributed by atoms with Crippen LogP contribution in [0.3, 0.4) is 0 Å². The maximum atomic E-state index is 5.68. The highest BCUT2D eigenvalue weighted by atomic mass is 127. The van der Waals surface area contributed by atoms with Crippen LogP contribution < -0.4 is 5.32 Å². The lowest BCUT2D eigenvalue weighted by Crippen LogP contribution is -2.20. The molecule has 0 saturated heterocycles. The molecule has 0 aliphatic heterocycles. The Labute approximate surface area is 103 Å². The van der Waals surface area contributed by atoms with Crippen molar-refractivity contribution in [3.63, 3.8) is 0 Å². The van der Waals surface area contributed by atoms with Gasteiger partial charge in [0.25, 0.3) is 0 Å². The smallest absolute Gasteiger partial charge is 0.222 e. The third-order valence-corrected chi connectivity index (χ3v) is 2.68. The minimum absolute atomic E-state index is 0.368. The number of aromatic nitrogens is 2. The maximum Gasteiger partial charge on any atom is 0.222 e. The Kier molecular flexibility index (Phi) is 5.47. The summed E-state index contributed by atoms with van der Waals surface area (Å²) in [5.74, 6) is 1.35. The Balaban J connectivity index is 2.53. The standard InChI is InChI=1S/C9H13ClIN3/c1-2-8(3-4-10)14-9-12-5-7(11)6-13-9/h5-6,8H,2-4H2,1H3,(H,12,13,14). The van der Waals surface area contributed by atoms with Gasteiger partial charge in [0.1, 0.15) is 0 Å². The topological polar surface area (TPSA) is 37.8 Å². The number of hydrogen-bond donors (Lipinski definition) is 1. The number of hydrogen-bond acceptors (Lipinski definition) is 3. The summed E-state index contributed by atoms with van der Waals surface area (Å²) >= 11 is 7.87. The second kappa shape index (κ2) is 6.40. The Morgan fingerprint density at radius 2 is 2.14 bits per heavy atom. The van der Waals surface area contributed by atoms with Gasteiger partial charge < -0.3 is 5.32 Å². The quantitative estimate of drug-likeness (QED) is 0.668. The summed E-state index contributed by atoms with van der Waals surface area (Å²) in [5.41, 5.74) is 0. The maximum absolute atomic E-state index is 5.68. The summed E-state index contributed by atoms with van der Waals surface area (Å²) in [6.45, 7) is 2.12. The highest BCUT2D eigenvalue weighted by Gasteiger charge is 2.06. The predicted molar refractivity (Wildman–Crippen MR) is 67.8 cm³/mol. The average molecular weight is 326 g/mol. The van der Waals surface area contributed by atoms with Gasteiger partial charge in [-0.1, -0.05) is 6.92 Å². The summed E-state index contributed by atoms with van der Waals surface area (Å²) in [4.78, 5) is 8.35. The highest BCUT2D eigenvalue weighted by molar-refractivity contribution is 14.1. The van der Waals surface area contributed by atoms with Crippen LogP contribution in [0, 0.1) is 3.57 Å². The number of nitrogens with zero attached hydrogens (tertiary/aromatic N) is 2. The van der Waals surface area contributed by atoms with Gasteiger partial charge in [0.05, 0.1) is 0 Å². The number of rotatable bonds is 5. The molecule has 14 heavy (non-hydrogen) atoms. The Hall–Kier alpha value is -0.100. The van der Waals surface area contributed by atoms with Crippen LogP contribution in [-0.2, 0) is 0 Å². The molecular formula is C9H13ClIN3. The zero-order valence-electron chi connectivity index (χ0n) is 8.00. The van der Waals surface area contributed by atoms with Gasteiger partial charge in [-0.05, 0) is 35.4 Å². The molecule has 0 aliphatic rings. The van der Waals surface area contributed by atoms with E-state index in [-0.39, 0.29) is 0 Å². The fraction of sp³-hybridized carbons (Fsp3) is 0.556. The van der Waals surface area contributed by atoms with E-state index in [0.717, 1.165) is 16.4 Å². The van der Waals surface area contributed by atoms with Crippen molar-refractivity contribution in [2.75, 3.05) is 11.2 Å². The SMILES string of the molecule is CCC(CCCl)Nc1ncc(I)cn1. The summed E-state index contributed by atoms with van der Waals surface area (Å²) in [5, 5.41) is 3.25. The van der Waals surface area contributed by atoms with Crippen molar-refractivity contribution in [2.24, 2.45) is 0 Å². The first-order chi connectivity index (χ1) is 6.76. The molecule has 5 heteroatoms. The van der Waals surface area contributed by atoms with Gasteiger partial charge in [-0.3, -0.25) is 0 Å². The second-order valence-electron chi connectivity index (χ2n) is 2.95. The van der Waals surface area contributed by atoms with Gasteiger partial charge in [0, 0.05) is 27.9 Å². The summed E-state index contributed by atoms with van der Waals surface area (Å²) in [7, 11) is 0. The number of halogens is 2. The average Bonchev–Trinajstić information content (AvgIpc) is 2.20. The molecule has 1 atom stereocenters. The third-order valence-electron chi connectivity index (χ3n) is 1.90. The third kappa shape index (κ3) is 3.96. The minimum Gasteiger partial charge on any atom is -0.351 e. The van der Waals surface area contributed by atoms with E-state index < -0.39 is 0 Å². The van der Waals surface area contributed by atoms with Gasteiger partial charge in [-0.15, -0.1) is 11.6 Å². The predicted octanol–water partition coefficient (Wildman–Crippen LogP) is 2.90. The lowest BCUT2D eigenvalue weighted by atomic mass is 10.2. The van der Waals surface area contributed by atoms with Crippen molar-refractivity contribution in [1.29, 1.82) is 0 Å². The molecule has 1 rings (SSSR count). The molecule has 3 nitrogen and oxygen atoms in total. The Bertz CT molecular complexity index is 265. The molecule has 0 bridgehead atoms. The summed E-state index contributed by atoms with van der Waals surface area (Å²) < 4.78 is 1.04. The van der Waals surface area contributed by atoms with Gasteiger partial charge in [-0.25, -0.2) is 9.97 Å². The van der Waals surface area contributed by atoms with Crippen LogP contribution in [0.2, 0.25) is 0 Å². The van der Waals surface area contributed by atoms with Crippen LogP contribution in [0.1, 0.15) is 19.8 Å². The van der Waals surface area contributed by atoms with Crippen LogP contribution in [0.5, 0.6) is 0 Å². The van der Waals surface area contributed by atoms with Crippen LogP contribution in [0.15, 0.2) is 12.4 Å². The molecule has 0 radical (unpaired) electrons.